The van der Waals surface area contributed by atoms with E-state index in [1.54, 1.807) is 13.8 Å². The summed E-state index contributed by atoms with van der Waals surface area (Å²) in [5.74, 6) is 0. The fourth-order valence-electron chi connectivity index (χ4n) is 2.13. The molecule has 0 saturated heterocycles. The van der Waals surface area contributed by atoms with Crippen LogP contribution >= 0.6 is 0 Å². The molecule has 0 aliphatic carbocycles. The summed E-state index contributed by atoms with van der Waals surface area (Å²) in [5, 5.41) is 12.4. The van der Waals surface area contributed by atoms with Crippen LogP contribution in [0.2, 0.25) is 0 Å². The van der Waals surface area contributed by atoms with Crippen LogP contribution in [0.5, 0.6) is 0 Å². The van der Waals surface area contributed by atoms with Crippen LogP contribution in [0.15, 0.2) is 0 Å². The lowest BCUT2D eigenvalue weighted by Gasteiger charge is -2.28. The second-order valence-corrected chi connectivity index (χ2v) is 6.01. The zero-order valence-electron chi connectivity index (χ0n) is 13.6. The van der Waals surface area contributed by atoms with Gasteiger partial charge in [-0.2, -0.15) is 18.4 Å². The Bertz CT molecular complexity index is 323. The van der Waals surface area contributed by atoms with E-state index in [2.05, 4.69) is 11.4 Å². The van der Waals surface area contributed by atoms with Crippen molar-refractivity contribution in [1.82, 2.24) is 10.2 Å². The van der Waals surface area contributed by atoms with Gasteiger partial charge in [0.2, 0.25) is 0 Å². The zero-order chi connectivity index (χ0) is 16.5. The zero-order valence-corrected chi connectivity index (χ0v) is 13.6. The smallest absolute Gasteiger partial charge is 0.300 e. The van der Waals surface area contributed by atoms with Crippen molar-refractivity contribution in [3.8, 4) is 6.07 Å². The summed E-state index contributed by atoms with van der Waals surface area (Å²) in [5.41, 5.74) is -0.581. The lowest BCUT2D eigenvalue weighted by molar-refractivity contribution is -0.149. The van der Waals surface area contributed by atoms with Crippen molar-refractivity contribution < 1.29 is 13.2 Å². The third-order valence-corrected chi connectivity index (χ3v) is 3.50. The van der Waals surface area contributed by atoms with Crippen LogP contribution in [-0.4, -0.2) is 42.3 Å². The first-order valence-electron chi connectivity index (χ1n) is 7.60. The minimum absolute atomic E-state index is 0.132. The molecule has 0 rings (SSSR count). The number of halogens is 3. The quantitative estimate of drug-likeness (QED) is 0.625. The standard InChI is InChI=1S/C15H28F3N3/c1-5-9-20-14(4,11-19)8-6-7-10-21(13(2)3)12-15(16,17)18/h13,20H,5-10,12H2,1-4H3. The minimum Gasteiger partial charge on any atom is -0.300 e. The molecule has 0 fully saturated rings. The van der Waals surface area contributed by atoms with Gasteiger partial charge in [-0.1, -0.05) is 6.92 Å². The van der Waals surface area contributed by atoms with Crippen LogP contribution in [-0.2, 0) is 0 Å². The molecule has 0 bridgehead atoms. The Kier molecular flexibility index (Phi) is 8.91. The molecule has 0 aromatic heterocycles. The number of rotatable bonds is 10. The molecule has 0 aromatic rings. The molecule has 0 heterocycles. The Hall–Kier alpha value is -0.800. The largest absolute Gasteiger partial charge is 0.401 e. The fraction of sp³-hybridized carbons (Fsp3) is 0.933. The molecule has 0 aliphatic heterocycles. The summed E-state index contributed by atoms with van der Waals surface area (Å²) in [4.78, 5) is 1.43. The molecule has 1 atom stereocenters. The van der Waals surface area contributed by atoms with Crippen LogP contribution < -0.4 is 5.32 Å². The number of unbranched alkanes of at least 4 members (excludes halogenated alkanes) is 1. The molecule has 6 heteroatoms. The first-order chi connectivity index (χ1) is 9.63. The van der Waals surface area contributed by atoms with Gasteiger partial charge in [-0.15, -0.1) is 0 Å². The van der Waals surface area contributed by atoms with E-state index in [1.165, 1.54) is 4.90 Å². The Morgan fingerprint density at radius 3 is 2.29 bits per heavy atom. The summed E-state index contributed by atoms with van der Waals surface area (Å²) in [7, 11) is 0. The number of alkyl halides is 3. The third-order valence-electron chi connectivity index (χ3n) is 3.50. The average molecular weight is 307 g/mol. The number of nitrogens with zero attached hydrogens (tertiary/aromatic N) is 2. The maximum Gasteiger partial charge on any atom is 0.401 e. The summed E-state index contributed by atoms with van der Waals surface area (Å²) in [6.07, 6.45) is -1.15. The van der Waals surface area contributed by atoms with Gasteiger partial charge in [0.05, 0.1) is 12.6 Å². The second-order valence-electron chi connectivity index (χ2n) is 6.01. The van der Waals surface area contributed by atoms with Crippen LogP contribution in [0.1, 0.15) is 53.4 Å². The number of nitrogens with one attached hydrogen (secondary N) is 1. The predicted molar refractivity (Wildman–Crippen MR) is 78.9 cm³/mol. The Balaban J connectivity index is 4.18. The van der Waals surface area contributed by atoms with Crippen molar-refractivity contribution in [2.24, 2.45) is 0 Å². The molecule has 124 valence electrons. The van der Waals surface area contributed by atoms with E-state index in [1.807, 2.05) is 13.8 Å². The van der Waals surface area contributed by atoms with Gasteiger partial charge < -0.3 is 0 Å². The summed E-state index contributed by atoms with van der Waals surface area (Å²) >= 11 is 0. The fourth-order valence-corrected chi connectivity index (χ4v) is 2.13. The molecule has 0 aromatic carbocycles. The minimum atomic E-state index is -4.16. The molecule has 3 nitrogen and oxygen atoms in total. The molecule has 1 N–H and O–H groups in total. The molecular formula is C15H28F3N3. The maximum atomic E-state index is 12.5. The van der Waals surface area contributed by atoms with E-state index < -0.39 is 18.3 Å². The molecule has 0 saturated carbocycles. The Labute approximate surface area is 126 Å². The summed E-state index contributed by atoms with van der Waals surface area (Å²) in [6, 6.07) is 2.13. The van der Waals surface area contributed by atoms with Gasteiger partial charge in [0.1, 0.15) is 5.54 Å². The molecule has 21 heavy (non-hydrogen) atoms. The van der Waals surface area contributed by atoms with Crippen molar-refractivity contribution in [1.29, 1.82) is 5.26 Å². The SMILES string of the molecule is CCCNC(C)(C#N)CCCCN(CC(F)(F)F)C(C)C. The molecular weight excluding hydrogens is 279 g/mol. The highest BCUT2D eigenvalue weighted by Crippen LogP contribution is 2.19. The van der Waals surface area contributed by atoms with Crippen molar-refractivity contribution >= 4 is 0 Å². The van der Waals surface area contributed by atoms with E-state index in [9.17, 15) is 18.4 Å². The lowest BCUT2D eigenvalue weighted by Crippen LogP contribution is -2.42. The van der Waals surface area contributed by atoms with Crippen LogP contribution in [0.25, 0.3) is 0 Å². The van der Waals surface area contributed by atoms with E-state index in [0.29, 0.717) is 19.4 Å². The third kappa shape index (κ3) is 9.70. The van der Waals surface area contributed by atoms with Gasteiger partial charge in [-0.25, -0.2) is 0 Å². The molecule has 0 amide bonds. The van der Waals surface area contributed by atoms with Gasteiger partial charge in [0.15, 0.2) is 0 Å². The Morgan fingerprint density at radius 1 is 1.24 bits per heavy atom. The van der Waals surface area contributed by atoms with Gasteiger partial charge in [-0.05, 0) is 59.5 Å². The van der Waals surface area contributed by atoms with Crippen molar-refractivity contribution in [3.05, 3.63) is 0 Å². The van der Waals surface area contributed by atoms with E-state index in [4.69, 9.17) is 0 Å². The van der Waals surface area contributed by atoms with Crippen molar-refractivity contribution in [3.63, 3.8) is 0 Å². The first-order valence-corrected chi connectivity index (χ1v) is 7.60. The lowest BCUT2D eigenvalue weighted by atomic mass is 9.96. The van der Waals surface area contributed by atoms with Crippen molar-refractivity contribution in [2.75, 3.05) is 19.6 Å². The number of hydrogen-bond acceptors (Lipinski definition) is 3. The molecule has 0 radical (unpaired) electrons. The molecule has 0 aliphatic rings. The number of hydrogen-bond donors (Lipinski definition) is 1. The maximum absolute atomic E-state index is 12.5. The predicted octanol–water partition coefficient (Wildman–Crippen LogP) is 3.71. The number of nitriles is 1. The van der Waals surface area contributed by atoms with E-state index in [-0.39, 0.29) is 6.04 Å². The van der Waals surface area contributed by atoms with Gasteiger partial charge >= 0.3 is 6.18 Å². The molecule has 0 spiro atoms. The van der Waals surface area contributed by atoms with E-state index in [0.717, 1.165) is 19.4 Å². The van der Waals surface area contributed by atoms with Crippen LogP contribution in [0.4, 0.5) is 13.2 Å². The summed E-state index contributed by atoms with van der Waals surface area (Å²) < 4.78 is 37.4. The average Bonchev–Trinajstić information content (AvgIpc) is 2.38. The highest BCUT2D eigenvalue weighted by Gasteiger charge is 2.31. The highest BCUT2D eigenvalue weighted by molar-refractivity contribution is 5.03. The molecule has 1 unspecified atom stereocenters. The van der Waals surface area contributed by atoms with Crippen LogP contribution in [0, 0.1) is 11.3 Å². The van der Waals surface area contributed by atoms with Gasteiger partial charge in [-0.3, -0.25) is 10.2 Å². The van der Waals surface area contributed by atoms with E-state index >= 15 is 0 Å². The van der Waals surface area contributed by atoms with Crippen LogP contribution in [0.3, 0.4) is 0 Å². The first kappa shape index (κ1) is 20.2. The van der Waals surface area contributed by atoms with Gasteiger partial charge in [0.25, 0.3) is 0 Å². The Morgan fingerprint density at radius 2 is 1.86 bits per heavy atom. The second kappa shape index (κ2) is 9.26. The normalized spacial score (nSPS) is 15.2. The van der Waals surface area contributed by atoms with Crippen molar-refractivity contribution in [2.45, 2.75) is 71.1 Å². The van der Waals surface area contributed by atoms with Gasteiger partial charge in [0, 0.05) is 6.04 Å². The summed E-state index contributed by atoms with van der Waals surface area (Å²) in [6.45, 7) is 7.74. The highest BCUT2D eigenvalue weighted by atomic mass is 19.4. The topological polar surface area (TPSA) is 39.1 Å². The monoisotopic (exact) mass is 307 g/mol.